The van der Waals surface area contributed by atoms with Gasteiger partial charge in [0.25, 0.3) is 0 Å². The lowest BCUT2D eigenvalue weighted by Gasteiger charge is -2.26. The first-order valence-corrected chi connectivity index (χ1v) is 15.3. The van der Waals surface area contributed by atoms with E-state index in [9.17, 15) is 9.59 Å². The van der Waals surface area contributed by atoms with Gasteiger partial charge in [0.05, 0.1) is 17.1 Å². The predicted octanol–water partition coefficient (Wildman–Crippen LogP) is 1.61. The molecule has 7 rings (SSSR count). The van der Waals surface area contributed by atoms with Gasteiger partial charge in [-0.05, 0) is 87.8 Å². The van der Waals surface area contributed by atoms with Crippen LogP contribution in [0.2, 0.25) is 0 Å². The summed E-state index contributed by atoms with van der Waals surface area (Å²) in [7, 11) is 0. The molecule has 5 heterocycles. The molecule has 3 N–H and O–H groups in total. The van der Waals surface area contributed by atoms with E-state index in [1.807, 2.05) is 51.9 Å². The molecule has 2 fully saturated rings. The summed E-state index contributed by atoms with van der Waals surface area (Å²) in [5, 5.41) is 4.61. The molecule has 0 spiro atoms. The molecule has 1 aromatic heterocycles. The van der Waals surface area contributed by atoms with Gasteiger partial charge in [-0.3, -0.25) is 13.9 Å². The standard InChI is InChI=1S/C32H38N6O5/c33-31-30-26(12-14-34-31)37(23-13-18-36(20-23)29(39)5-4-17-35-15-2-1-3-16-35)32(40)38(30)22-6-8-24(9-7-22)43-25-10-11-27-28(19-25)42-21-41-27/h6-12,19,23,34H,1-5,13-18,20-21,33H2/t23-/m1/s1. The van der Waals surface area contributed by atoms with Gasteiger partial charge in [-0.2, -0.15) is 0 Å². The molecule has 0 aliphatic carbocycles. The van der Waals surface area contributed by atoms with E-state index in [4.69, 9.17) is 19.9 Å². The van der Waals surface area contributed by atoms with Crippen molar-refractivity contribution in [1.29, 1.82) is 0 Å². The van der Waals surface area contributed by atoms with Gasteiger partial charge in [-0.15, -0.1) is 0 Å². The predicted molar refractivity (Wildman–Crippen MR) is 162 cm³/mol. The highest BCUT2D eigenvalue weighted by Crippen LogP contribution is 2.36. The number of nitrogens with one attached hydrogen (secondary N) is 1. The number of nitrogens with two attached hydrogens (primary N) is 1. The van der Waals surface area contributed by atoms with Crippen LogP contribution in [0.3, 0.4) is 0 Å². The highest BCUT2D eigenvalue weighted by molar-refractivity contribution is 5.76. The van der Waals surface area contributed by atoms with Crippen LogP contribution in [-0.4, -0.2) is 70.9 Å². The Bertz CT molecular complexity index is 1690. The fraction of sp³-hybridized carbons (Fsp3) is 0.438. The number of nitrogens with zero attached hydrogens (tertiary/aromatic N) is 4. The van der Waals surface area contributed by atoms with Crippen molar-refractivity contribution < 1.29 is 19.0 Å². The maximum atomic E-state index is 14.0. The number of imidazole rings is 1. The number of ether oxygens (including phenoxy) is 3. The van der Waals surface area contributed by atoms with E-state index in [0.717, 1.165) is 37.8 Å². The zero-order chi connectivity index (χ0) is 29.3. The number of amides is 1. The summed E-state index contributed by atoms with van der Waals surface area (Å²) >= 11 is 0. The average molecular weight is 587 g/mol. The molecule has 11 nitrogen and oxygen atoms in total. The van der Waals surface area contributed by atoms with Gasteiger partial charge in [0, 0.05) is 32.1 Å². The number of fused-ring (bicyclic) bond motifs is 2. The van der Waals surface area contributed by atoms with Crippen LogP contribution >= 0.6 is 0 Å². The number of benzene rings is 2. The molecule has 1 amide bonds. The van der Waals surface area contributed by atoms with Crippen LogP contribution in [-0.2, 0) is 4.79 Å². The Labute approximate surface area is 249 Å². The van der Waals surface area contributed by atoms with E-state index in [2.05, 4.69) is 10.2 Å². The molecule has 0 saturated carbocycles. The number of piperidine rings is 1. The summed E-state index contributed by atoms with van der Waals surface area (Å²) in [6, 6.07) is 12.7. The molecule has 11 heteroatoms. The number of hydrogen-bond acceptors (Lipinski definition) is 8. The SMILES string of the molecule is NC1=c2c(n([C@@H]3CCN(C(=O)CCCN4CCCCC4)C3)c(=O)n2-c2ccc(Oc3ccc4c(c3)OCO4)cc2)=CCN1. The number of likely N-dealkylation sites (tertiary alicyclic amines) is 2. The van der Waals surface area contributed by atoms with Crippen molar-refractivity contribution in [3.05, 3.63) is 63.6 Å². The maximum absolute atomic E-state index is 14.0. The lowest BCUT2D eigenvalue weighted by Crippen LogP contribution is -2.46. The third-order valence-electron chi connectivity index (χ3n) is 8.84. The van der Waals surface area contributed by atoms with E-state index < -0.39 is 0 Å². The molecule has 3 aromatic rings. The second-order valence-corrected chi connectivity index (χ2v) is 11.6. The van der Waals surface area contributed by atoms with Crippen molar-refractivity contribution in [2.24, 2.45) is 5.73 Å². The Morgan fingerprint density at radius 1 is 1.00 bits per heavy atom. The normalized spacial score (nSPS) is 19.6. The Balaban J connectivity index is 1.09. The Morgan fingerprint density at radius 2 is 1.79 bits per heavy atom. The highest BCUT2D eigenvalue weighted by atomic mass is 16.7. The minimum absolute atomic E-state index is 0.107. The topological polar surface area (TPSA) is 116 Å². The van der Waals surface area contributed by atoms with Gasteiger partial charge in [-0.25, -0.2) is 4.79 Å². The van der Waals surface area contributed by atoms with E-state index >= 15 is 0 Å². The molecule has 0 bridgehead atoms. The Hall–Kier alpha value is -4.38. The van der Waals surface area contributed by atoms with Gasteiger partial charge in [0.1, 0.15) is 22.7 Å². The molecule has 0 unspecified atom stereocenters. The van der Waals surface area contributed by atoms with Crippen LogP contribution in [0, 0.1) is 0 Å². The van der Waals surface area contributed by atoms with Crippen molar-refractivity contribution in [3.8, 4) is 28.7 Å². The molecule has 2 saturated heterocycles. The molecule has 226 valence electrons. The minimum atomic E-state index is -0.165. The summed E-state index contributed by atoms with van der Waals surface area (Å²) in [5.74, 6) is 3.22. The first-order valence-electron chi connectivity index (χ1n) is 15.3. The summed E-state index contributed by atoms with van der Waals surface area (Å²) in [6.45, 7) is 5.20. The maximum Gasteiger partial charge on any atom is 0.334 e. The first kappa shape index (κ1) is 27.5. The second-order valence-electron chi connectivity index (χ2n) is 11.6. The first-order chi connectivity index (χ1) is 21.0. The third-order valence-corrected chi connectivity index (χ3v) is 8.84. The zero-order valence-corrected chi connectivity index (χ0v) is 24.3. The number of rotatable bonds is 8. The van der Waals surface area contributed by atoms with Crippen molar-refractivity contribution in [2.45, 2.75) is 44.6 Å². The van der Waals surface area contributed by atoms with E-state index in [-0.39, 0.29) is 24.4 Å². The van der Waals surface area contributed by atoms with Crippen LogP contribution in [0.25, 0.3) is 17.6 Å². The van der Waals surface area contributed by atoms with Crippen LogP contribution in [0.1, 0.15) is 44.6 Å². The lowest BCUT2D eigenvalue weighted by molar-refractivity contribution is -0.130. The summed E-state index contributed by atoms with van der Waals surface area (Å²) in [6.07, 6.45) is 8.00. The summed E-state index contributed by atoms with van der Waals surface area (Å²) in [4.78, 5) is 31.5. The van der Waals surface area contributed by atoms with Crippen LogP contribution < -0.4 is 41.6 Å². The largest absolute Gasteiger partial charge is 0.457 e. The molecule has 43 heavy (non-hydrogen) atoms. The molecule has 1 atom stereocenters. The monoisotopic (exact) mass is 586 g/mol. The molecule has 0 radical (unpaired) electrons. The molecular formula is C32H38N6O5. The van der Waals surface area contributed by atoms with Crippen molar-refractivity contribution in [1.82, 2.24) is 24.3 Å². The van der Waals surface area contributed by atoms with Gasteiger partial charge < -0.3 is 35.1 Å². The van der Waals surface area contributed by atoms with Crippen LogP contribution in [0.5, 0.6) is 23.0 Å². The van der Waals surface area contributed by atoms with Gasteiger partial charge in [0.2, 0.25) is 12.7 Å². The Kier molecular flexibility index (Phi) is 7.48. The number of hydrogen-bond donors (Lipinski definition) is 2. The third kappa shape index (κ3) is 5.45. The number of carbonyl (C=O) groups excluding carboxylic acids is 1. The van der Waals surface area contributed by atoms with Gasteiger partial charge in [0.15, 0.2) is 11.5 Å². The van der Waals surface area contributed by atoms with E-state index in [1.54, 1.807) is 10.6 Å². The van der Waals surface area contributed by atoms with Crippen molar-refractivity contribution in [2.75, 3.05) is 46.1 Å². The number of aromatic nitrogens is 2. The zero-order valence-electron chi connectivity index (χ0n) is 24.3. The fourth-order valence-corrected chi connectivity index (χ4v) is 6.64. The van der Waals surface area contributed by atoms with E-state index in [1.165, 1.54) is 19.3 Å². The summed E-state index contributed by atoms with van der Waals surface area (Å²) in [5.41, 5.74) is 6.95. The van der Waals surface area contributed by atoms with Gasteiger partial charge in [-0.1, -0.05) is 6.42 Å². The number of carbonyl (C=O) groups is 1. The smallest absolute Gasteiger partial charge is 0.334 e. The second kappa shape index (κ2) is 11.7. The van der Waals surface area contributed by atoms with Crippen LogP contribution in [0.15, 0.2) is 47.3 Å². The quantitative estimate of drug-likeness (QED) is 0.409. The summed E-state index contributed by atoms with van der Waals surface area (Å²) < 4.78 is 20.3. The highest BCUT2D eigenvalue weighted by Gasteiger charge is 2.31. The fourth-order valence-electron chi connectivity index (χ4n) is 6.64. The molecule has 4 aliphatic rings. The molecule has 4 aliphatic heterocycles. The van der Waals surface area contributed by atoms with E-state index in [0.29, 0.717) is 65.9 Å². The Morgan fingerprint density at radius 3 is 2.63 bits per heavy atom. The van der Waals surface area contributed by atoms with Gasteiger partial charge >= 0.3 is 5.69 Å². The lowest BCUT2D eigenvalue weighted by atomic mass is 10.1. The van der Waals surface area contributed by atoms with Crippen molar-refractivity contribution in [3.63, 3.8) is 0 Å². The minimum Gasteiger partial charge on any atom is -0.457 e. The molecule has 2 aromatic carbocycles. The average Bonchev–Trinajstić information content (AvgIpc) is 3.76. The molecular weight excluding hydrogens is 548 g/mol. The van der Waals surface area contributed by atoms with Crippen LogP contribution in [0.4, 0.5) is 0 Å². The van der Waals surface area contributed by atoms with Crippen molar-refractivity contribution >= 4 is 17.8 Å².